The third kappa shape index (κ3) is 30.6. The van der Waals surface area contributed by atoms with Crippen LogP contribution in [-0.2, 0) is 0 Å². The first kappa shape index (κ1) is 35.0. The van der Waals surface area contributed by atoms with Gasteiger partial charge in [0.25, 0.3) is 0 Å². The van der Waals surface area contributed by atoms with Crippen LogP contribution in [0, 0.1) is 23.7 Å². The summed E-state index contributed by atoms with van der Waals surface area (Å²) in [7, 11) is 0. The van der Waals surface area contributed by atoms with Gasteiger partial charge >= 0.3 is 0 Å². The van der Waals surface area contributed by atoms with E-state index in [2.05, 4.69) is 132 Å². The van der Waals surface area contributed by atoms with E-state index in [0.29, 0.717) is 0 Å². The van der Waals surface area contributed by atoms with E-state index in [0.717, 1.165) is 23.7 Å². The number of rotatable bonds is 5. The monoisotopic (exact) mass is 442 g/mol. The van der Waals surface area contributed by atoms with E-state index in [4.69, 9.17) is 0 Å². The van der Waals surface area contributed by atoms with Crippen molar-refractivity contribution in [2.45, 2.75) is 109 Å². The second-order valence-corrected chi connectivity index (χ2v) is 9.94. The Morgan fingerprint density at radius 2 is 0.531 bits per heavy atom. The Kier molecular flexibility index (Phi) is 28.1. The fourth-order valence-corrected chi connectivity index (χ4v) is 1.26. The number of benzene rings is 2. The molecule has 0 saturated carbocycles. The van der Waals surface area contributed by atoms with Gasteiger partial charge < -0.3 is 0 Å². The third-order valence-corrected chi connectivity index (χ3v) is 5.15. The molecule has 0 amide bonds. The molecule has 0 unspecified atom stereocenters. The zero-order valence-corrected chi connectivity index (χ0v) is 23.9. The first-order chi connectivity index (χ1) is 15.0. The Labute approximate surface area is 204 Å². The molecule has 0 fully saturated rings. The quantitative estimate of drug-likeness (QED) is 0.432. The predicted octanol–water partition coefficient (Wildman–Crippen LogP) is 11.6. The van der Waals surface area contributed by atoms with Gasteiger partial charge in [0.15, 0.2) is 0 Å². The van der Waals surface area contributed by atoms with Crippen LogP contribution < -0.4 is 0 Å². The van der Waals surface area contributed by atoms with Gasteiger partial charge in [-0.15, -0.1) is 0 Å². The maximum Gasteiger partial charge on any atom is -0.0184 e. The van der Waals surface area contributed by atoms with Gasteiger partial charge in [-0.05, 0) is 34.8 Å². The van der Waals surface area contributed by atoms with Crippen LogP contribution in [0.2, 0.25) is 0 Å². The lowest BCUT2D eigenvalue weighted by molar-refractivity contribution is 0.626. The van der Waals surface area contributed by atoms with Crippen LogP contribution in [0.4, 0.5) is 0 Å². The zero-order valence-electron chi connectivity index (χ0n) is 23.9. The molecule has 0 aromatic heterocycles. The predicted molar refractivity (Wildman–Crippen MR) is 152 cm³/mol. The highest BCUT2D eigenvalue weighted by molar-refractivity contribution is 5.62. The van der Waals surface area contributed by atoms with Gasteiger partial charge in [-0.3, -0.25) is 0 Å². The smallest absolute Gasteiger partial charge is 0.0184 e. The Morgan fingerprint density at radius 3 is 0.656 bits per heavy atom. The second kappa shape index (κ2) is 25.7. The fraction of sp³-hybridized carbons (Fsp3) is 0.625. The summed E-state index contributed by atoms with van der Waals surface area (Å²) in [6.45, 7) is 26.6. The molecule has 0 N–H and O–H groups in total. The molecule has 0 aliphatic heterocycles. The average Bonchev–Trinajstić information content (AvgIpc) is 2.81. The van der Waals surface area contributed by atoms with Gasteiger partial charge in [-0.1, -0.05) is 169 Å². The van der Waals surface area contributed by atoms with E-state index in [1.54, 1.807) is 0 Å². The molecule has 0 heterocycles. The Balaban J connectivity index is -0.000000360. The minimum atomic E-state index is 0.884. The highest BCUT2D eigenvalue weighted by Gasteiger charge is 1.91. The molecule has 32 heavy (non-hydrogen) atoms. The molecular formula is C32H58. The van der Waals surface area contributed by atoms with Crippen molar-refractivity contribution in [3.63, 3.8) is 0 Å². The van der Waals surface area contributed by atoms with Crippen LogP contribution in [0.25, 0.3) is 11.1 Å². The van der Waals surface area contributed by atoms with Gasteiger partial charge in [0.2, 0.25) is 0 Å². The fourth-order valence-electron chi connectivity index (χ4n) is 1.26. The van der Waals surface area contributed by atoms with E-state index in [-0.39, 0.29) is 0 Å². The van der Waals surface area contributed by atoms with Crippen molar-refractivity contribution in [3.8, 4) is 11.1 Å². The number of hydrogen-bond donors (Lipinski definition) is 0. The van der Waals surface area contributed by atoms with Crippen LogP contribution >= 0.6 is 0 Å². The Morgan fingerprint density at radius 1 is 0.375 bits per heavy atom. The van der Waals surface area contributed by atoms with Crippen molar-refractivity contribution < 1.29 is 0 Å². The van der Waals surface area contributed by atoms with Crippen molar-refractivity contribution in [1.29, 1.82) is 0 Å². The van der Waals surface area contributed by atoms with Gasteiger partial charge in [0, 0.05) is 0 Å². The lowest BCUT2D eigenvalue weighted by atomic mass is 10.1. The molecule has 0 bridgehead atoms. The van der Waals surface area contributed by atoms with Crippen LogP contribution in [0.3, 0.4) is 0 Å². The van der Waals surface area contributed by atoms with Gasteiger partial charge in [0.05, 0.1) is 0 Å². The van der Waals surface area contributed by atoms with E-state index in [1.165, 1.54) is 36.8 Å². The molecule has 0 aliphatic rings. The molecule has 0 spiro atoms. The van der Waals surface area contributed by atoms with Crippen molar-refractivity contribution in [2.75, 3.05) is 0 Å². The summed E-state index contributed by atoms with van der Waals surface area (Å²) in [4.78, 5) is 0. The molecule has 2 aromatic rings. The number of hydrogen-bond acceptors (Lipinski definition) is 0. The van der Waals surface area contributed by atoms with Gasteiger partial charge in [-0.2, -0.15) is 0 Å². The van der Waals surface area contributed by atoms with E-state index < -0.39 is 0 Å². The van der Waals surface area contributed by atoms with Gasteiger partial charge in [-0.25, -0.2) is 0 Å². The minimum absolute atomic E-state index is 0.884. The zero-order chi connectivity index (χ0) is 25.4. The summed E-state index contributed by atoms with van der Waals surface area (Å²) in [5.41, 5.74) is 2.55. The topological polar surface area (TPSA) is 0 Å². The molecule has 0 aliphatic carbocycles. The Hall–Kier alpha value is -1.56. The average molecular weight is 443 g/mol. The molecule has 0 nitrogen and oxygen atoms in total. The lowest BCUT2D eigenvalue weighted by Crippen LogP contribution is -1.77. The summed E-state index contributed by atoms with van der Waals surface area (Å²) < 4.78 is 0. The standard InChI is InChI=1S/C12H10.4C5H12/c1-3-7-11(8-4-1)12-9-5-2-6-10-12;4*1-4-5(2)3/h1-10H;4*5H,4H2,1-3H3. The lowest BCUT2D eigenvalue weighted by Gasteiger charge is -1.98. The van der Waals surface area contributed by atoms with Gasteiger partial charge in [0.1, 0.15) is 0 Å². The third-order valence-electron chi connectivity index (χ3n) is 5.15. The maximum atomic E-state index is 2.22. The van der Waals surface area contributed by atoms with Crippen LogP contribution in [-0.4, -0.2) is 0 Å². The Bertz CT molecular complexity index is 480. The second-order valence-electron chi connectivity index (χ2n) is 9.94. The largest absolute Gasteiger partial charge is 0.0651 e. The van der Waals surface area contributed by atoms with E-state index in [1.807, 2.05) is 12.1 Å². The molecule has 0 atom stereocenters. The normalized spacial score (nSPS) is 9.62. The summed E-state index contributed by atoms with van der Waals surface area (Å²) in [5, 5.41) is 0. The van der Waals surface area contributed by atoms with Crippen molar-refractivity contribution in [1.82, 2.24) is 0 Å². The van der Waals surface area contributed by atoms with Crippen LogP contribution in [0.5, 0.6) is 0 Å². The van der Waals surface area contributed by atoms with E-state index in [9.17, 15) is 0 Å². The SMILES string of the molecule is CCC(C)C.CCC(C)C.CCC(C)C.CCC(C)C.c1ccc(-c2ccccc2)cc1. The summed E-state index contributed by atoms with van der Waals surface area (Å²) in [5.74, 6) is 3.54. The molecular weight excluding hydrogens is 384 g/mol. The molecule has 2 rings (SSSR count). The molecule has 0 saturated heterocycles. The molecule has 186 valence electrons. The van der Waals surface area contributed by atoms with Crippen LogP contribution in [0.1, 0.15) is 109 Å². The van der Waals surface area contributed by atoms with Crippen molar-refractivity contribution in [2.24, 2.45) is 23.7 Å². The maximum absolute atomic E-state index is 2.22. The first-order valence-corrected chi connectivity index (χ1v) is 13.2. The molecule has 0 radical (unpaired) electrons. The van der Waals surface area contributed by atoms with Crippen LogP contribution in [0.15, 0.2) is 60.7 Å². The van der Waals surface area contributed by atoms with E-state index >= 15 is 0 Å². The summed E-state index contributed by atoms with van der Waals surface area (Å²) in [6.07, 6.45) is 5.22. The summed E-state index contributed by atoms with van der Waals surface area (Å²) in [6, 6.07) is 20.8. The van der Waals surface area contributed by atoms with Crippen molar-refractivity contribution >= 4 is 0 Å². The molecule has 2 aromatic carbocycles. The molecule has 0 heteroatoms. The highest BCUT2D eigenvalue weighted by atomic mass is 14.0. The van der Waals surface area contributed by atoms with Crippen molar-refractivity contribution in [3.05, 3.63) is 60.7 Å². The summed E-state index contributed by atoms with van der Waals surface area (Å²) >= 11 is 0. The minimum Gasteiger partial charge on any atom is -0.0651 e. The first-order valence-electron chi connectivity index (χ1n) is 13.2. The highest BCUT2D eigenvalue weighted by Crippen LogP contribution is 2.17.